The molecule has 0 aliphatic carbocycles. The van der Waals surface area contributed by atoms with Crippen molar-refractivity contribution < 1.29 is 4.79 Å². The minimum Gasteiger partial charge on any atom is -0.348 e. The summed E-state index contributed by atoms with van der Waals surface area (Å²) in [5, 5.41) is 6.49. The van der Waals surface area contributed by atoms with Gasteiger partial charge in [-0.2, -0.15) is 0 Å². The van der Waals surface area contributed by atoms with Gasteiger partial charge in [0.2, 0.25) is 5.91 Å². The number of hydrogen-bond donors (Lipinski definition) is 2. The molecule has 2 N–H and O–H groups in total. The van der Waals surface area contributed by atoms with E-state index in [4.69, 9.17) is 0 Å². The van der Waals surface area contributed by atoms with Gasteiger partial charge >= 0.3 is 0 Å². The maximum Gasteiger partial charge on any atom is 0.240 e. The molecule has 1 saturated heterocycles. The van der Waals surface area contributed by atoms with Crippen molar-refractivity contribution in [2.45, 2.75) is 44.7 Å². The van der Waals surface area contributed by atoms with Crippen LogP contribution in [0.4, 0.5) is 0 Å². The summed E-state index contributed by atoms with van der Waals surface area (Å²) in [6.07, 6.45) is 2.87. The maximum atomic E-state index is 12.4. The molecule has 1 heterocycles. The van der Waals surface area contributed by atoms with Crippen LogP contribution in [0, 0.1) is 0 Å². The van der Waals surface area contributed by atoms with Crippen LogP contribution in [0.15, 0.2) is 30.3 Å². The van der Waals surface area contributed by atoms with Gasteiger partial charge in [-0.1, -0.05) is 37.3 Å². The fourth-order valence-electron chi connectivity index (χ4n) is 2.62. The second-order valence-electron chi connectivity index (χ2n) is 5.07. The highest BCUT2D eigenvalue weighted by atomic mass is 35.5. The predicted octanol–water partition coefficient (Wildman–Crippen LogP) is 2.82. The summed E-state index contributed by atoms with van der Waals surface area (Å²) in [4.78, 5) is 12.4. The van der Waals surface area contributed by atoms with Crippen molar-refractivity contribution in [2.75, 3.05) is 6.54 Å². The van der Waals surface area contributed by atoms with Crippen LogP contribution in [0.25, 0.3) is 0 Å². The molecule has 2 atom stereocenters. The Kier molecular flexibility index (Phi) is 5.83. The molecule has 0 bridgehead atoms. The molecule has 1 aromatic rings. The number of hydrogen-bond acceptors (Lipinski definition) is 2. The SMILES string of the molecule is CCC1(C(=O)N[C@H](C)c2ccccc2)CCCN1.Cl. The first-order valence-corrected chi connectivity index (χ1v) is 6.79. The molecule has 0 spiro atoms. The molecule has 0 saturated carbocycles. The van der Waals surface area contributed by atoms with Gasteiger partial charge in [-0.25, -0.2) is 0 Å². The molecule has 1 unspecified atom stereocenters. The zero-order chi connectivity index (χ0) is 13.0. The van der Waals surface area contributed by atoms with Gasteiger partial charge in [0.05, 0.1) is 11.6 Å². The summed E-state index contributed by atoms with van der Waals surface area (Å²) in [6, 6.07) is 10.1. The lowest BCUT2D eigenvalue weighted by atomic mass is 9.92. The highest BCUT2D eigenvalue weighted by Crippen LogP contribution is 2.24. The first-order valence-electron chi connectivity index (χ1n) is 6.79. The summed E-state index contributed by atoms with van der Waals surface area (Å²) in [6.45, 7) is 5.05. The fourth-order valence-corrected chi connectivity index (χ4v) is 2.62. The minimum absolute atomic E-state index is 0. The van der Waals surface area contributed by atoms with Gasteiger partial charge in [0, 0.05) is 0 Å². The lowest BCUT2D eigenvalue weighted by molar-refractivity contribution is -0.128. The van der Waals surface area contributed by atoms with E-state index in [-0.39, 0.29) is 29.9 Å². The molecule has 1 aliphatic rings. The number of amides is 1. The van der Waals surface area contributed by atoms with Crippen LogP contribution in [0.5, 0.6) is 0 Å². The molecule has 1 fully saturated rings. The van der Waals surface area contributed by atoms with E-state index in [0.717, 1.165) is 31.4 Å². The smallest absolute Gasteiger partial charge is 0.240 e. The Bertz CT molecular complexity index is 402. The Balaban J connectivity index is 0.00000180. The number of nitrogens with one attached hydrogen (secondary N) is 2. The van der Waals surface area contributed by atoms with Gasteiger partial charge in [-0.05, 0) is 38.3 Å². The van der Waals surface area contributed by atoms with E-state index in [1.54, 1.807) is 0 Å². The van der Waals surface area contributed by atoms with Crippen molar-refractivity contribution >= 4 is 18.3 Å². The van der Waals surface area contributed by atoms with Crippen molar-refractivity contribution in [1.82, 2.24) is 10.6 Å². The fraction of sp³-hybridized carbons (Fsp3) is 0.533. The van der Waals surface area contributed by atoms with Crippen molar-refractivity contribution in [2.24, 2.45) is 0 Å². The number of carbonyl (C=O) groups excluding carboxylic acids is 1. The van der Waals surface area contributed by atoms with E-state index in [0.29, 0.717) is 0 Å². The minimum atomic E-state index is -0.344. The largest absolute Gasteiger partial charge is 0.348 e. The highest BCUT2D eigenvalue weighted by molar-refractivity contribution is 5.87. The molecule has 4 heteroatoms. The third-order valence-corrected chi connectivity index (χ3v) is 3.93. The van der Waals surface area contributed by atoms with Crippen LogP contribution in [-0.2, 0) is 4.79 Å². The van der Waals surface area contributed by atoms with Gasteiger partial charge in [-0.15, -0.1) is 12.4 Å². The summed E-state index contributed by atoms with van der Waals surface area (Å²) < 4.78 is 0. The lowest BCUT2D eigenvalue weighted by Gasteiger charge is -2.28. The van der Waals surface area contributed by atoms with Crippen LogP contribution >= 0.6 is 12.4 Å². The molecule has 1 amide bonds. The normalized spacial score (nSPS) is 23.5. The van der Waals surface area contributed by atoms with Crippen molar-refractivity contribution in [3.8, 4) is 0 Å². The summed E-state index contributed by atoms with van der Waals surface area (Å²) in [7, 11) is 0. The van der Waals surface area contributed by atoms with E-state index < -0.39 is 0 Å². The van der Waals surface area contributed by atoms with E-state index in [9.17, 15) is 4.79 Å². The molecule has 2 rings (SSSR count). The second-order valence-corrected chi connectivity index (χ2v) is 5.07. The van der Waals surface area contributed by atoms with Crippen LogP contribution in [0.1, 0.15) is 44.7 Å². The Morgan fingerprint density at radius 2 is 2.11 bits per heavy atom. The number of halogens is 1. The van der Waals surface area contributed by atoms with E-state index in [1.165, 1.54) is 0 Å². The van der Waals surface area contributed by atoms with Crippen LogP contribution in [-0.4, -0.2) is 18.0 Å². The van der Waals surface area contributed by atoms with Gasteiger partial charge in [0.15, 0.2) is 0 Å². The summed E-state index contributed by atoms with van der Waals surface area (Å²) in [5.74, 6) is 0.138. The van der Waals surface area contributed by atoms with Gasteiger partial charge < -0.3 is 10.6 Å². The Morgan fingerprint density at radius 1 is 1.42 bits per heavy atom. The number of rotatable bonds is 4. The average molecular weight is 283 g/mol. The second kappa shape index (κ2) is 6.92. The van der Waals surface area contributed by atoms with Crippen molar-refractivity contribution in [1.29, 1.82) is 0 Å². The first kappa shape index (κ1) is 16.0. The molecule has 106 valence electrons. The standard InChI is InChI=1S/C15H22N2O.ClH/c1-3-15(10-7-11-16-15)14(18)17-12(2)13-8-5-4-6-9-13;/h4-6,8-9,12,16H,3,7,10-11H2,1-2H3,(H,17,18);1H/t12-,15?;/m1./s1. The van der Waals surface area contributed by atoms with Crippen LogP contribution in [0.2, 0.25) is 0 Å². The Morgan fingerprint density at radius 3 is 2.63 bits per heavy atom. The predicted molar refractivity (Wildman–Crippen MR) is 80.5 cm³/mol. The molecule has 1 aliphatic heterocycles. The van der Waals surface area contributed by atoms with E-state index >= 15 is 0 Å². The molecule has 0 aromatic heterocycles. The maximum absolute atomic E-state index is 12.4. The van der Waals surface area contributed by atoms with Crippen LogP contribution < -0.4 is 10.6 Å². The molecule has 3 nitrogen and oxygen atoms in total. The Labute approximate surface area is 121 Å². The summed E-state index contributed by atoms with van der Waals surface area (Å²) in [5.41, 5.74) is 0.804. The lowest BCUT2D eigenvalue weighted by Crippen LogP contribution is -2.53. The molecular weight excluding hydrogens is 260 g/mol. The molecular formula is C15H23ClN2O. The average Bonchev–Trinajstić information content (AvgIpc) is 2.89. The van der Waals surface area contributed by atoms with Gasteiger partial charge in [0.25, 0.3) is 0 Å². The monoisotopic (exact) mass is 282 g/mol. The third-order valence-electron chi connectivity index (χ3n) is 3.93. The van der Waals surface area contributed by atoms with Crippen LogP contribution in [0.3, 0.4) is 0 Å². The highest BCUT2D eigenvalue weighted by Gasteiger charge is 2.39. The topological polar surface area (TPSA) is 41.1 Å². The molecule has 0 radical (unpaired) electrons. The summed E-state index contributed by atoms with van der Waals surface area (Å²) >= 11 is 0. The van der Waals surface area contributed by atoms with Crippen molar-refractivity contribution in [3.05, 3.63) is 35.9 Å². The first-order chi connectivity index (χ1) is 8.68. The molecule has 19 heavy (non-hydrogen) atoms. The quantitative estimate of drug-likeness (QED) is 0.892. The Hall–Kier alpha value is -1.06. The van der Waals surface area contributed by atoms with E-state index in [1.807, 2.05) is 37.3 Å². The number of benzene rings is 1. The number of carbonyl (C=O) groups is 1. The van der Waals surface area contributed by atoms with Crippen molar-refractivity contribution in [3.63, 3.8) is 0 Å². The zero-order valence-corrected chi connectivity index (χ0v) is 12.4. The zero-order valence-electron chi connectivity index (χ0n) is 11.6. The molecule has 1 aromatic carbocycles. The van der Waals surface area contributed by atoms with E-state index in [2.05, 4.69) is 17.6 Å². The van der Waals surface area contributed by atoms with Gasteiger partial charge in [-0.3, -0.25) is 4.79 Å². The van der Waals surface area contributed by atoms with Gasteiger partial charge in [0.1, 0.15) is 0 Å². The third kappa shape index (κ3) is 3.48.